The average molecular weight is 239 g/mol. The normalized spacial score (nSPS) is 9.81. The van der Waals surface area contributed by atoms with Gasteiger partial charge in [0.05, 0.1) is 45.0 Å². The lowest BCUT2D eigenvalue weighted by Gasteiger charge is -2.17. The van der Waals surface area contributed by atoms with Crippen molar-refractivity contribution in [3.63, 3.8) is 0 Å². The van der Waals surface area contributed by atoms with Crippen LogP contribution in [0.5, 0.6) is 0 Å². The van der Waals surface area contributed by atoms with Crippen LogP contribution in [0.3, 0.4) is 0 Å². The smallest absolute Gasteiger partial charge is 0.0967 e. The molecule has 0 spiro atoms. The molecule has 0 aliphatic rings. The maximum atomic E-state index is 8.40. The minimum Gasteiger partial charge on any atom is -0.394 e. The van der Waals surface area contributed by atoms with Crippen molar-refractivity contribution in [1.29, 1.82) is 0 Å². The van der Waals surface area contributed by atoms with Gasteiger partial charge in [0.25, 0.3) is 0 Å². The van der Waals surface area contributed by atoms with Gasteiger partial charge in [-0.15, -0.1) is 6.58 Å². The van der Waals surface area contributed by atoms with Crippen LogP contribution in [0.4, 0.5) is 0 Å². The van der Waals surface area contributed by atoms with E-state index in [9.17, 15) is 0 Å². The Morgan fingerprint density at radius 3 is 1.38 bits per heavy atom. The molecule has 98 valence electrons. The van der Waals surface area contributed by atoms with E-state index in [-0.39, 0.29) is 39.6 Å². The molecule has 0 fully saturated rings. The van der Waals surface area contributed by atoms with Gasteiger partial charge >= 0.3 is 0 Å². The maximum absolute atomic E-state index is 8.40. The molecule has 0 amide bonds. The summed E-state index contributed by atoms with van der Waals surface area (Å²) in [7, 11) is 0. The number of aliphatic hydroxyl groups excluding tert-OH is 3. The Bertz CT molecular complexity index is 116. The van der Waals surface area contributed by atoms with E-state index in [0.717, 1.165) is 0 Å². The first-order chi connectivity index (χ1) is 7.76. The summed E-state index contributed by atoms with van der Waals surface area (Å²) < 4.78 is 0. The molecule has 16 heavy (non-hydrogen) atoms. The molecule has 0 rings (SSSR count). The van der Waals surface area contributed by atoms with E-state index in [1.165, 1.54) is 0 Å². The Labute approximate surface area is 95.3 Å². The molecule has 0 saturated carbocycles. The van der Waals surface area contributed by atoms with Gasteiger partial charge in [-0.05, 0) is 6.92 Å². The number of rotatable bonds is 9. The monoisotopic (exact) mass is 239 g/mol. The second-order valence-corrected chi connectivity index (χ2v) is 2.30. The Morgan fingerprint density at radius 1 is 0.938 bits per heavy atom. The molecule has 0 bridgehead atoms. The molecule has 3 N–H and O–H groups in total. The summed E-state index contributed by atoms with van der Waals surface area (Å²) in [5.74, 6) is 0. The summed E-state index contributed by atoms with van der Waals surface area (Å²) in [5.41, 5.74) is 0. The van der Waals surface area contributed by atoms with Gasteiger partial charge in [-0.25, -0.2) is 14.5 Å². The number of hydrogen-bond donors (Lipinski definition) is 3. The minimum atomic E-state index is -0.179. The highest BCUT2D eigenvalue weighted by Gasteiger charge is 2.05. The number of aliphatic hydroxyl groups is 3. The van der Waals surface area contributed by atoms with Crippen molar-refractivity contribution < 1.29 is 29.8 Å². The highest BCUT2D eigenvalue weighted by atomic mass is 17.2. The molecule has 0 aromatic heterocycles. The Hall–Kier alpha value is -0.540. The van der Waals surface area contributed by atoms with Gasteiger partial charge in [0.1, 0.15) is 0 Å². The van der Waals surface area contributed by atoms with Crippen LogP contribution in [-0.4, -0.2) is 60.4 Å². The van der Waals surface area contributed by atoms with Crippen LogP contribution < -0.4 is 0 Å². The summed E-state index contributed by atoms with van der Waals surface area (Å²) in [6.45, 7) is 4.75. The van der Waals surface area contributed by atoms with Crippen LogP contribution >= 0.6 is 0 Å². The Morgan fingerprint density at radius 2 is 1.19 bits per heavy atom. The average Bonchev–Trinajstić information content (AvgIpc) is 2.29. The largest absolute Gasteiger partial charge is 0.394 e. The number of allylic oxidation sites excluding steroid dienone is 1. The molecule has 0 heterocycles. The van der Waals surface area contributed by atoms with Crippen LogP contribution in [0.15, 0.2) is 12.7 Å². The van der Waals surface area contributed by atoms with E-state index in [1.807, 2.05) is 6.92 Å². The van der Waals surface area contributed by atoms with Crippen molar-refractivity contribution in [2.75, 3.05) is 39.6 Å². The van der Waals surface area contributed by atoms with E-state index < -0.39 is 0 Å². The van der Waals surface area contributed by atoms with Crippen molar-refractivity contribution >= 4 is 0 Å². The fourth-order valence-electron chi connectivity index (χ4n) is 0.458. The van der Waals surface area contributed by atoms with Gasteiger partial charge < -0.3 is 15.3 Å². The van der Waals surface area contributed by atoms with Crippen molar-refractivity contribution in [3.8, 4) is 0 Å². The lowest BCUT2D eigenvalue weighted by molar-refractivity contribution is -0.527. The van der Waals surface area contributed by atoms with E-state index in [0.29, 0.717) is 5.39 Å². The van der Waals surface area contributed by atoms with Gasteiger partial charge in [-0.3, -0.25) is 0 Å². The van der Waals surface area contributed by atoms with Crippen molar-refractivity contribution in [1.82, 2.24) is 5.39 Å². The Kier molecular flexibility index (Phi) is 18.8. The molecule has 0 saturated heterocycles. The van der Waals surface area contributed by atoms with Crippen LogP contribution in [0.25, 0.3) is 0 Å². The van der Waals surface area contributed by atoms with Crippen LogP contribution in [-0.2, 0) is 14.5 Å². The zero-order valence-corrected chi connectivity index (χ0v) is 9.54. The summed E-state index contributed by atoms with van der Waals surface area (Å²) in [5, 5.41) is 25.9. The third kappa shape index (κ3) is 15.9. The lowest BCUT2D eigenvalue weighted by atomic mass is 10.8. The summed E-state index contributed by atoms with van der Waals surface area (Å²) in [4.78, 5) is 14.1. The van der Waals surface area contributed by atoms with E-state index in [1.54, 1.807) is 6.08 Å². The molecule has 0 aliphatic carbocycles. The molecule has 7 nitrogen and oxygen atoms in total. The second kappa shape index (κ2) is 16.9. The molecule has 0 aromatic rings. The fraction of sp³-hybridized carbons (Fsp3) is 0.778. The zero-order chi connectivity index (χ0) is 12.6. The quantitative estimate of drug-likeness (QED) is 0.360. The highest BCUT2D eigenvalue weighted by molar-refractivity contribution is 4.51. The van der Waals surface area contributed by atoms with E-state index >= 15 is 0 Å². The van der Waals surface area contributed by atoms with Crippen LogP contribution in [0.1, 0.15) is 6.92 Å². The second-order valence-electron chi connectivity index (χ2n) is 2.30. The van der Waals surface area contributed by atoms with E-state index in [4.69, 9.17) is 29.8 Å². The SMILES string of the molecule is C=CC.OCCON(OCCO)OCCO. The van der Waals surface area contributed by atoms with Crippen molar-refractivity contribution in [3.05, 3.63) is 12.7 Å². The van der Waals surface area contributed by atoms with E-state index in [2.05, 4.69) is 6.58 Å². The summed E-state index contributed by atoms with van der Waals surface area (Å²) in [6.07, 6.45) is 1.75. The van der Waals surface area contributed by atoms with Crippen LogP contribution in [0, 0.1) is 0 Å². The molecule has 0 aliphatic heterocycles. The number of hydrogen-bond acceptors (Lipinski definition) is 7. The Balaban J connectivity index is 0. The molecular weight excluding hydrogens is 218 g/mol. The standard InChI is InChI=1S/C6H15NO6.C3H6/c8-1-4-11-7(12-5-2-9)13-6-3-10;1-3-2/h8-10H,1-6H2;3H,1H2,2H3. The zero-order valence-electron chi connectivity index (χ0n) is 9.54. The van der Waals surface area contributed by atoms with Crippen molar-refractivity contribution in [2.45, 2.75) is 6.92 Å². The minimum absolute atomic E-state index is 0.0108. The van der Waals surface area contributed by atoms with Crippen LogP contribution in [0.2, 0.25) is 0 Å². The fourth-order valence-corrected chi connectivity index (χ4v) is 0.458. The summed E-state index contributed by atoms with van der Waals surface area (Å²) >= 11 is 0. The first-order valence-electron chi connectivity index (χ1n) is 4.85. The predicted octanol–water partition coefficient (Wildman–Crippen LogP) is -0.748. The molecule has 0 aromatic carbocycles. The van der Waals surface area contributed by atoms with Gasteiger partial charge in [0.15, 0.2) is 0 Å². The van der Waals surface area contributed by atoms with Gasteiger partial charge in [0, 0.05) is 0 Å². The highest BCUT2D eigenvalue weighted by Crippen LogP contribution is 1.93. The molecule has 0 radical (unpaired) electrons. The summed E-state index contributed by atoms with van der Waals surface area (Å²) in [6, 6.07) is 0. The predicted molar refractivity (Wildman–Crippen MR) is 56.8 cm³/mol. The topological polar surface area (TPSA) is 91.6 Å². The molecule has 0 atom stereocenters. The maximum Gasteiger partial charge on any atom is 0.0967 e. The van der Waals surface area contributed by atoms with Gasteiger partial charge in [0.2, 0.25) is 0 Å². The number of nitrogens with zero attached hydrogens (tertiary/aromatic N) is 1. The molecular formula is C9H21NO6. The van der Waals surface area contributed by atoms with Gasteiger partial charge in [-0.2, -0.15) is 0 Å². The third-order valence-electron chi connectivity index (χ3n) is 0.864. The lowest BCUT2D eigenvalue weighted by Crippen LogP contribution is -2.28. The van der Waals surface area contributed by atoms with Crippen molar-refractivity contribution in [2.24, 2.45) is 0 Å². The third-order valence-corrected chi connectivity index (χ3v) is 0.864. The first-order valence-corrected chi connectivity index (χ1v) is 4.85. The molecule has 0 unspecified atom stereocenters. The van der Waals surface area contributed by atoms with Gasteiger partial charge in [-0.1, -0.05) is 6.08 Å². The molecule has 7 heteroatoms. The first kappa shape index (κ1) is 17.8.